The SMILES string of the molecule is CC(O)C(NC(=O)CNC(=O)CNC(=O)C(N)CS)C(=O)NC(CC(=O)O)C(=O)O. The smallest absolute Gasteiger partial charge is 0.326 e. The van der Waals surface area contributed by atoms with Gasteiger partial charge in [-0.15, -0.1) is 0 Å². The summed E-state index contributed by atoms with van der Waals surface area (Å²) in [5.74, 6) is -6.44. The van der Waals surface area contributed by atoms with Gasteiger partial charge in [0.1, 0.15) is 12.1 Å². The number of carboxylic acid groups (broad SMARTS) is 2. The predicted molar refractivity (Wildman–Crippen MR) is 103 cm³/mol. The molecule has 30 heavy (non-hydrogen) atoms. The van der Waals surface area contributed by atoms with Crippen molar-refractivity contribution in [1.29, 1.82) is 0 Å². The number of hydrogen-bond donors (Lipinski definition) is 9. The monoisotopic (exact) mass is 451 g/mol. The normalized spacial score (nSPS) is 14.4. The fraction of sp³-hybridized carbons (Fsp3) is 0.600. The van der Waals surface area contributed by atoms with E-state index in [2.05, 4.69) is 28.6 Å². The van der Waals surface area contributed by atoms with Crippen molar-refractivity contribution in [2.75, 3.05) is 18.8 Å². The van der Waals surface area contributed by atoms with Crippen molar-refractivity contribution in [3.8, 4) is 0 Å². The van der Waals surface area contributed by atoms with E-state index >= 15 is 0 Å². The Morgan fingerprint density at radius 3 is 1.97 bits per heavy atom. The van der Waals surface area contributed by atoms with Gasteiger partial charge in [0.2, 0.25) is 23.6 Å². The lowest BCUT2D eigenvalue weighted by Crippen LogP contribution is -2.57. The first-order valence-electron chi connectivity index (χ1n) is 8.52. The maximum atomic E-state index is 12.1. The second kappa shape index (κ2) is 13.3. The zero-order chi connectivity index (χ0) is 23.4. The standard InChI is InChI=1S/C15H25N5O9S/c1-6(21)12(14(27)19-8(15(28)29)2-11(24)25)20-10(23)4-17-9(22)3-18-13(26)7(16)5-30/h6-8,12,21,30H,2-5,16H2,1H3,(H,17,22)(H,18,26)(H,19,27)(H,20,23)(H,24,25)(H,28,29). The van der Waals surface area contributed by atoms with E-state index in [0.29, 0.717) is 0 Å². The molecule has 4 amide bonds. The number of aliphatic carboxylic acids is 2. The molecular weight excluding hydrogens is 426 g/mol. The van der Waals surface area contributed by atoms with Crippen LogP contribution < -0.4 is 27.0 Å². The Bertz CT molecular complexity index is 673. The molecule has 0 aliphatic rings. The lowest BCUT2D eigenvalue weighted by Gasteiger charge is -2.23. The molecule has 0 heterocycles. The van der Waals surface area contributed by atoms with E-state index in [9.17, 15) is 33.9 Å². The van der Waals surface area contributed by atoms with Gasteiger partial charge in [-0.05, 0) is 6.92 Å². The average Bonchev–Trinajstić information content (AvgIpc) is 2.66. The van der Waals surface area contributed by atoms with Gasteiger partial charge in [0.05, 0.1) is 31.7 Å². The lowest BCUT2D eigenvalue weighted by atomic mass is 10.1. The molecule has 4 unspecified atom stereocenters. The summed E-state index contributed by atoms with van der Waals surface area (Å²) in [6.45, 7) is 0.0426. The number of thiol groups is 1. The van der Waals surface area contributed by atoms with Crippen molar-refractivity contribution in [2.45, 2.75) is 37.6 Å². The molecule has 0 aromatic heterocycles. The number of carboxylic acids is 2. The molecule has 4 atom stereocenters. The summed E-state index contributed by atoms with van der Waals surface area (Å²) in [5, 5.41) is 35.6. The van der Waals surface area contributed by atoms with Crippen LogP contribution in [0, 0.1) is 0 Å². The minimum atomic E-state index is -1.78. The molecule has 0 rings (SSSR count). The van der Waals surface area contributed by atoms with E-state index < -0.39 is 79.3 Å². The van der Waals surface area contributed by atoms with Crippen molar-refractivity contribution in [1.82, 2.24) is 21.3 Å². The molecule has 0 saturated heterocycles. The minimum Gasteiger partial charge on any atom is -0.481 e. The first-order valence-corrected chi connectivity index (χ1v) is 9.15. The Balaban J connectivity index is 4.69. The van der Waals surface area contributed by atoms with E-state index in [4.69, 9.17) is 15.9 Å². The highest BCUT2D eigenvalue weighted by molar-refractivity contribution is 7.80. The second-order valence-electron chi connectivity index (χ2n) is 6.07. The highest BCUT2D eigenvalue weighted by Crippen LogP contribution is 1.98. The molecule has 170 valence electrons. The number of nitrogens with one attached hydrogen (secondary N) is 4. The highest BCUT2D eigenvalue weighted by Gasteiger charge is 2.30. The first kappa shape index (κ1) is 27.1. The van der Waals surface area contributed by atoms with Gasteiger partial charge < -0.3 is 42.3 Å². The van der Waals surface area contributed by atoms with Crippen LogP contribution in [-0.2, 0) is 28.8 Å². The van der Waals surface area contributed by atoms with Crippen molar-refractivity contribution in [3.05, 3.63) is 0 Å². The summed E-state index contributed by atoms with van der Waals surface area (Å²) in [6, 6.07) is -4.30. The van der Waals surface area contributed by atoms with Gasteiger partial charge in [-0.25, -0.2) is 4.79 Å². The summed E-state index contributed by atoms with van der Waals surface area (Å²) in [5.41, 5.74) is 5.40. The van der Waals surface area contributed by atoms with Crippen LogP contribution in [0.15, 0.2) is 0 Å². The van der Waals surface area contributed by atoms with Gasteiger partial charge in [0.25, 0.3) is 0 Å². The molecule has 14 nitrogen and oxygen atoms in total. The van der Waals surface area contributed by atoms with E-state index in [1.54, 1.807) is 0 Å². The topological polar surface area (TPSA) is 237 Å². The summed E-state index contributed by atoms with van der Waals surface area (Å²) in [7, 11) is 0. The number of aliphatic hydroxyl groups is 1. The molecule has 0 aliphatic heterocycles. The van der Waals surface area contributed by atoms with Gasteiger partial charge in [-0.1, -0.05) is 0 Å². The van der Waals surface area contributed by atoms with E-state index in [0.717, 1.165) is 6.92 Å². The Hall–Kier alpha value is -2.91. The van der Waals surface area contributed by atoms with Crippen LogP contribution in [-0.4, -0.2) is 94.0 Å². The maximum absolute atomic E-state index is 12.1. The first-order chi connectivity index (χ1) is 13.9. The van der Waals surface area contributed by atoms with Crippen molar-refractivity contribution in [2.24, 2.45) is 5.73 Å². The Labute approximate surface area is 176 Å². The third-order valence-electron chi connectivity index (χ3n) is 3.48. The summed E-state index contributed by atoms with van der Waals surface area (Å²) >= 11 is 3.83. The molecule has 9 N–H and O–H groups in total. The van der Waals surface area contributed by atoms with E-state index in [1.165, 1.54) is 0 Å². The molecule has 0 spiro atoms. The van der Waals surface area contributed by atoms with E-state index in [1.807, 2.05) is 5.32 Å². The van der Waals surface area contributed by atoms with Gasteiger partial charge >= 0.3 is 11.9 Å². The number of carbonyl (C=O) groups is 6. The number of hydrogen-bond acceptors (Lipinski definition) is 9. The number of carbonyl (C=O) groups excluding carboxylic acids is 4. The number of amides is 4. The highest BCUT2D eigenvalue weighted by atomic mass is 32.1. The average molecular weight is 451 g/mol. The van der Waals surface area contributed by atoms with Crippen molar-refractivity contribution >= 4 is 48.2 Å². The molecule has 0 bridgehead atoms. The fourth-order valence-electron chi connectivity index (χ4n) is 1.89. The van der Waals surface area contributed by atoms with E-state index in [-0.39, 0.29) is 5.75 Å². The van der Waals surface area contributed by atoms with Crippen LogP contribution >= 0.6 is 12.6 Å². The number of rotatable bonds is 13. The second-order valence-corrected chi connectivity index (χ2v) is 6.43. The van der Waals surface area contributed by atoms with Crippen LogP contribution in [0.3, 0.4) is 0 Å². The van der Waals surface area contributed by atoms with Crippen molar-refractivity contribution < 1.29 is 44.1 Å². The van der Waals surface area contributed by atoms with Crippen LogP contribution in [0.2, 0.25) is 0 Å². The summed E-state index contributed by atoms with van der Waals surface area (Å²) in [6.07, 6.45) is -2.38. The molecule has 0 aliphatic carbocycles. The Kier molecular flexibility index (Phi) is 12.0. The molecule has 0 aromatic rings. The minimum absolute atomic E-state index is 0.0633. The zero-order valence-corrected chi connectivity index (χ0v) is 16.8. The third-order valence-corrected chi connectivity index (χ3v) is 3.87. The summed E-state index contributed by atoms with van der Waals surface area (Å²) in [4.78, 5) is 68.8. The maximum Gasteiger partial charge on any atom is 0.326 e. The largest absolute Gasteiger partial charge is 0.481 e. The van der Waals surface area contributed by atoms with Crippen LogP contribution in [0.1, 0.15) is 13.3 Å². The fourth-order valence-corrected chi connectivity index (χ4v) is 2.05. The molecular formula is C15H25N5O9S. The summed E-state index contributed by atoms with van der Waals surface area (Å²) < 4.78 is 0. The number of nitrogens with two attached hydrogens (primary N) is 1. The van der Waals surface area contributed by atoms with Crippen molar-refractivity contribution in [3.63, 3.8) is 0 Å². The quantitative estimate of drug-likeness (QED) is 0.121. The molecule has 0 saturated carbocycles. The number of aliphatic hydroxyl groups excluding tert-OH is 1. The van der Waals surface area contributed by atoms with Gasteiger partial charge in [-0.2, -0.15) is 12.6 Å². The van der Waals surface area contributed by atoms with Gasteiger partial charge in [0, 0.05) is 5.75 Å². The van der Waals surface area contributed by atoms with Gasteiger partial charge in [-0.3, -0.25) is 24.0 Å². The molecule has 15 heteroatoms. The molecule has 0 fully saturated rings. The van der Waals surface area contributed by atoms with Gasteiger partial charge in [0.15, 0.2) is 0 Å². The zero-order valence-electron chi connectivity index (χ0n) is 16.0. The lowest BCUT2D eigenvalue weighted by molar-refractivity contribution is -0.147. The Morgan fingerprint density at radius 2 is 1.50 bits per heavy atom. The van der Waals surface area contributed by atoms with Crippen LogP contribution in [0.5, 0.6) is 0 Å². The van der Waals surface area contributed by atoms with Crippen LogP contribution in [0.4, 0.5) is 0 Å². The molecule has 0 aromatic carbocycles. The van der Waals surface area contributed by atoms with Crippen LogP contribution in [0.25, 0.3) is 0 Å². The Morgan fingerprint density at radius 1 is 0.933 bits per heavy atom. The molecule has 0 radical (unpaired) electrons. The predicted octanol–water partition coefficient (Wildman–Crippen LogP) is -4.61. The third kappa shape index (κ3) is 10.6.